The molecule has 0 saturated carbocycles. The van der Waals surface area contributed by atoms with Gasteiger partial charge in [-0.05, 0) is 28.8 Å². The molecule has 1 heterocycles. The van der Waals surface area contributed by atoms with Gasteiger partial charge in [-0.15, -0.1) is 0 Å². The van der Waals surface area contributed by atoms with Gasteiger partial charge in [0, 0.05) is 38.8 Å². The summed E-state index contributed by atoms with van der Waals surface area (Å²) >= 11 is 0. The Bertz CT molecular complexity index is 1200. The summed E-state index contributed by atoms with van der Waals surface area (Å²) in [6.45, 7) is 4.08. The Morgan fingerprint density at radius 1 is 0.933 bits per heavy atom. The fraction of sp³-hybridized carbons (Fsp3) is 0.273. The summed E-state index contributed by atoms with van der Waals surface area (Å²) in [6.07, 6.45) is 0. The number of sulfonamides is 1. The van der Waals surface area contributed by atoms with Crippen molar-refractivity contribution in [1.29, 1.82) is 0 Å². The molecule has 0 N–H and O–H groups in total. The van der Waals surface area contributed by atoms with Gasteiger partial charge in [0.1, 0.15) is 0 Å². The largest absolute Gasteiger partial charge is 0.296 e. The van der Waals surface area contributed by atoms with E-state index in [1.165, 1.54) is 32.8 Å². The molecule has 156 valence electrons. The molecule has 0 atom stereocenters. The monoisotopic (exact) mass is 425 g/mol. The summed E-state index contributed by atoms with van der Waals surface area (Å²) in [4.78, 5) is 12.8. The predicted octanol–water partition coefficient (Wildman–Crippen LogP) is 3.56. The summed E-state index contributed by atoms with van der Waals surface area (Å²) in [7, 11) is -3.93. The summed E-state index contributed by atoms with van der Waals surface area (Å²) in [5.41, 5.74) is 1.23. The highest BCUT2D eigenvalue weighted by molar-refractivity contribution is 7.89. The minimum absolute atomic E-state index is 0.197. The van der Waals surface area contributed by atoms with Gasteiger partial charge in [-0.3, -0.25) is 15.0 Å². The first-order chi connectivity index (χ1) is 14.4. The van der Waals surface area contributed by atoms with Crippen LogP contribution in [0.15, 0.2) is 65.6 Å². The first-order valence-electron chi connectivity index (χ1n) is 9.81. The molecule has 1 aliphatic rings. The minimum atomic E-state index is -3.93. The molecule has 1 saturated heterocycles. The molecule has 4 rings (SSSR count). The maximum absolute atomic E-state index is 13.2. The second-order valence-electron chi connectivity index (χ2n) is 7.50. The molecule has 1 fully saturated rings. The standard InChI is InChI=1S/C22H23N3O4S/c1-17-6-4-11-21(25(26)27)22(17)30(28,29)24-14-12-23(13-15-24)16-19-9-5-8-18-7-2-3-10-20(18)19/h2-11H,12-16H2,1H3. The molecule has 0 aliphatic carbocycles. The molecule has 0 spiro atoms. The first kappa shape index (κ1) is 20.5. The molecule has 0 amide bonds. The SMILES string of the molecule is Cc1cccc([N+](=O)[O-])c1S(=O)(=O)N1CCN(Cc2cccc3ccccc23)CC1. The Morgan fingerprint density at radius 2 is 1.60 bits per heavy atom. The molecule has 1 aliphatic heterocycles. The maximum atomic E-state index is 13.2. The van der Waals surface area contributed by atoms with E-state index in [0.29, 0.717) is 31.7 Å². The van der Waals surface area contributed by atoms with Crippen molar-refractivity contribution in [1.82, 2.24) is 9.21 Å². The summed E-state index contributed by atoms with van der Waals surface area (Å²) < 4.78 is 27.7. The van der Waals surface area contributed by atoms with E-state index >= 15 is 0 Å². The van der Waals surface area contributed by atoms with E-state index in [2.05, 4.69) is 29.2 Å². The van der Waals surface area contributed by atoms with Crippen molar-refractivity contribution in [2.75, 3.05) is 26.2 Å². The van der Waals surface area contributed by atoms with Gasteiger partial charge in [0.05, 0.1) is 4.92 Å². The number of benzene rings is 3. The van der Waals surface area contributed by atoms with Crippen LogP contribution in [0.5, 0.6) is 0 Å². The van der Waals surface area contributed by atoms with Gasteiger partial charge < -0.3 is 0 Å². The van der Waals surface area contributed by atoms with E-state index in [9.17, 15) is 18.5 Å². The molecule has 3 aromatic rings. The van der Waals surface area contributed by atoms with E-state index in [1.54, 1.807) is 13.0 Å². The zero-order valence-corrected chi connectivity index (χ0v) is 17.5. The lowest BCUT2D eigenvalue weighted by atomic mass is 10.0. The second-order valence-corrected chi connectivity index (χ2v) is 9.37. The molecular weight excluding hydrogens is 402 g/mol. The summed E-state index contributed by atoms with van der Waals surface area (Å²) in [5.74, 6) is 0. The molecular formula is C22H23N3O4S. The number of piperazine rings is 1. The molecule has 0 unspecified atom stereocenters. The molecule has 3 aromatic carbocycles. The van der Waals surface area contributed by atoms with Crippen molar-refractivity contribution < 1.29 is 13.3 Å². The van der Waals surface area contributed by atoms with Gasteiger partial charge in [0.25, 0.3) is 5.69 Å². The third kappa shape index (κ3) is 3.81. The van der Waals surface area contributed by atoms with Gasteiger partial charge in [-0.1, -0.05) is 54.6 Å². The Balaban J connectivity index is 1.52. The van der Waals surface area contributed by atoms with Crippen LogP contribution in [0, 0.1) is 17.0 Å². The summed E-state index contributed by atoms with van der Waals surface area (Å²) in [5, 5.41) is 13.8. The van der Waals surface area contributed by atoms with Crippen LogP contribution >= 0.6 is 0 Å². The van der Waals surface area contributed by atoms with Crippen LogP contribution in [0.1, 0.15) is 11.1 Å². The minimum Gasteiger partial charge on any atom is -0.296 e. The number of nitrogens with zero attached hydrogens (tertiary/aromatic N) is 3. The highest BCUT2D eigenvalue weighted by Crippen LogP contribution is 2.30. The highest BCUT2D eigenvalue weighted by atomic mass is 32.2. The van der Waals surface area contributed by atoms with E-state index in [4.69, 9.17) is 0 Å². The second kappa shape index (κ2) is 8.14. The number of hydrogen-bond donors (Lipinski definition) is 0. The van der Waals surface area contributed by atoms with Crippen molar-refractivity contribution in [3.05, 3.63) is 81.9 Å². The predicted molar refractivity (Wildman–Crippen MR) is 116 cm³/mol. The van der Waals surface area contributed by atoms with E-state index in [0.717, 1.165) is 6.54 Å². The molecule has 8 heteroatoms. The lowest BCUT2D eigenvalue weighted by molar-refractivity contribution is -0.387. The molecule has 30 heavy (non-hydrogen) atoms. The smallest absolute Gasteiger partial charge is 0.289 e. The van der Waals surface area contributed by atoms with E-state index in [-0.39, 0.29) is 10.6 Å². The van der Waals surface area contributed by atoms with Gasteiger partial charge in [0.2, 0.25) is 10.0 Å². The fourth-order valence-corrected chi connectivity index (χ4v) is 5.83. The van der Waals surface area contributed by atoms with Crippen molar-refractivity contribution in [3.63, 3.8) is 0 Å². The quantitative estimate of drug-likeness (QED) is 0.461. The Morgan fingerprint density at radius 3 is 2.33 bits per heavy atom. The molecule has 0 aromatic heterocycles. The zero-order valence-electron chi connectivity index (χ0n) is 16.7. The Hall–Kier alpha value is -2.81. The average Bonchev–Trinajstić information content (AvgIpc) is 2.74. The highest BCUT2D eigenvalue weighted by Gasteiger charge is 2.35. The van der Waals surface area contributed by atoms with Crippen LogP contribution in [-0.2, 0) is 16.6 Å². The van der Waals surface area contributed by atoms with Crippen molar-refractivity contribution >= 4 is 26.5 Å². The molecule has 0 radical (unpaired) electrons. The van der Waals surface area contributed by atoms with Gasteiger partial charge >= 0.3 is 0 Å². The van der Waals surface area contributed by atoms with Crippen molar-refractivity contribution in [3.8, 4) is 0 Å². The number of hydrogen-bond acceptors (Lipinski definition) is 5. The van der Waals surface area contributed by atoms with Crippen LogP contribution in [0.25, 0.3) is 10.8 Å². The number of fused-ring (bicyclic) bond motifs is 1. The maximum Gasteiger partial charge on any atom is 0.289 e. The topological polar surface area (TPSA) is 83.8 Å². The van der Waals surface area contributed by atoms with Crippen LogP contribution in [0.2, 0.25) is 0 Å². The van der Waals surface area contributed by atoms with Gasteiger partial charge in [0.15, 0.2) is 4.90 Å². The molecule has 7 nitrogen and oxygen atoms in total. The molecule has 0 bridgehead atoms. The van der Waals surface area contributed by atoms with Crippen molar-refractivity contribution in [2.45, 2.75) is 18.4 Å². The van der Waals surface area contributed by atoms with Gasteiger partial charge in [-0.2, -0.15) is 4.31 Å². The average molecular weight is 426 g/mol. The summed E-state index contributed by atoms with van der Waals surface area (Å²) in [6, 6.07) is 18.8. The Kier molecular flexibility index (Phi) is 5.55. The van der Waals surface area contributed by atoms with Crippen molar-refractivity contribution in [2.24, 2.45) is 0 Å². The van der Waals surface area contributed by atoms with Gasteiger partial charge in [-0.25, -0.2) is 8.42 Å². The van der Waals surface area contributed by atoms with E-state index in [1.807, 2.05) is 18.2 Å². The first-order valence-corrected chi connectivity index (χ1v) is 11.2. The third-order valence-electron chi connectivity index (χ3n) is 5.59. The van der Waals surface area contributed by atoms with Crippen LogP contribution in [0.4, 0.5) is 5.69 Å². The Labute approximate surface area is 175 Å². The number of rotatable bonds is 5. The number of aryl methyl sites for hydroxylation is 1. The van der Waals surface area contributed by atoms with Crippen LogP contribution in [-0.4, -0.2) is 48.7 Å². The normalized spacial score (nSPS) is 16.0. The van der Waals surface area contributed by atoms with E-state index < -0.39 is 14.9 Å². The lowest BCUT2D eigenvalue weighted by Gasteiger charge is -2.34. The number of nitro benzene ring substituents is 1. The fourth-order valence-electron chi connectivity index (χ4n) is 4.04. The number of nitro groups is 1. The third-order valence-corrected chi connectivity index (χ3v) is 7.68. The van der Waals surface area contributed by atoms with Crippen LogP contribution < -0.4 is 0 Å². The van der Waals surface area contributed by atoms with Crippen LogP contribution in [0.3, 0.4) is 0 Å². The lowest BCUT2D eigenvalue weighted by Crippen LogP contribution is -2.48. The zero-order chi connectivity index (χ0) is 21.3.